The Morgan fingerprint density at radius 3 is 2.61 bits per heavy atom. The second-order valence-corrected chi connectivity index (χ2v) is 8.40. The fraction of sp³-hybridized carbons (Fsp3) is 0.562. The number of benzene rings is 1. The molecule has 2 aliphatic rings. The van der Waals surface area contributed by atoms with Crippen LogP contribution in [-0.2, 0) is 9.84 Å². The van der Waals surface area contributed by atoms with E-state index in [1.165, 1.54) is 0 Å². The van der Waals surface area contributed by atoms with Crippen LogP contribution < -0.4 is 10.1 Å². The van der Waals surface area contributed by atoms with Gasteiger partial charge in [0.25, 0.3) is 0 Å². The fourth-order valence-electron chi connectivity index (χ4n) is 3.35. The third kappa shape index (κ3) is 3.60. The van der Waals surface area contributed by atoms with Crippen molar-refractivity contribution in [3.63, 3.8) is 0 Å². The summed E-state index contributed by atoms with van der Waals surface area (Å²) in [4.78, 5) is 14.3. The highest BCUT2D eigenvalue weighted by Crippen LogP contribution is 2.32. The molecule has 0 aliphatic carbocycles. The minimum absolute atomic E-state index is 0.0407. The SMILES string of the molecule is COc1ccc([C@@H]2CCCN2C(=O)N[C@@H]2CCS(=O)(=O)C2)cc1. The normalized spacial score (nSPS) is 26.2. The van der Waals surface area contributed by atoms with Crippen LogP contribution in [0.15, 0.2) is 24.3 Å². The molecule has 1 aromatic carbocycles. The number of methoxy groups -OCH3 is 1. The van der Waals surface area contributed by atoms with Gasteiger partial charge < -0.3 is 15.0 Å². The monoisotopic (exact) mass is 338 g/mol. The van der Waals surface area contributed by atoms with Gasteiger partial charge in [-0.25, -0.2) is 13.2 Å². The number of rotatable bonds is 3. The van der Waals surface area contributed by atoms with E-state index >= 15 is 0 Å². The van der Waals surface area contributed by atoms with Crippen LogP contribution in [0.3, 0.4) is 0 Å². The molecule has 23 heavy (non-hydrogen) atoms. The van der Waals surface area contributed by atoms with Crippen molar-refractivity contribution in [3.05, 3.63) is 29.8 Å². The first kappa shape index (κ1) is 16.1. The molecule has 2 atom stereocenters. The minimum Gasteiger partial charge on any atom is -0.497 e. The third-order valence-electron chi connectivity index (χ3n) is 4.57. The van der Waals surface area contributed by atoms with E-state index in [0.717, 1.165) is 24.2 Å². The van der Waals surface area contributed by atoms with Crippen molar-refractivity contribution in [3.8, 4) is 5.75 Å². The first-order valence-corrected chi connectivity index (χ1v) is 9.72. The van der Waals surface area contributed by atoms with Gasteiger partial charge in [-0.3, -0.25) is 0 Å². The van der Waals surface area contributed by atoms with Crippen LogP contribution in [0.2, 0.25) is 0 Å². The van der Waals surface area contributed by atoms with E-state index in [-0.39, 0.29) is 29.6 Å². The molecular weight excluding hydrogens is 316 g/mol. The zero-order valence-electron chi connectivity index (χ0n) is 13.2. The van der Waals surface area contributed by atoms with E-state index in [1.54, 1.807) is 7.11 Å². The summed E-state index contributed by atoms with van der Waals surface area (Å²) in [5, 5.41) is 2.88. The predicted molar refractivity (Wildman–Crippen MR) is 87.3 cm³/mol. The number of sulfone groups is 1. The zero-order valence-corrected chi connectivity index (χ0v) is 14.0. The Bertz CT molecular complexity index is 672. The number of carbonyl (C=O) groups excluding carboxylic acids is 1. The first-order valence-electron chi connectivity index (χ1n) is 7.90. The highest BCUT2D eigenvalue weighted by atomic mass is 32.2. The highest BCUT2D eigenvalue weighted by Gasteiger charge is 2.34. The van der Waals surface area contributed by atoms with Gasteiger partial charge in [-0.05, 0) is 37.0 Å². The number of hydrogen-bond acceptors (Lipinski definition) is 4. The quantitative estimate of drug-likeness (QED) is 0.911. The average molecular weight is 338 g/mol. The number of carbonyl (C=O) groups is 1. The van der Waals surface area contributed by atoms with Crippen LogP contribution in [0.25, 0.3) is 0 Å². The number of urea groups is 1. The Labute approximate surface area is 136 Å². The summed E-state index contributed by atoms with van der Waals surface area (Å²) in [6, 6.07) is 7.37. The molecule has 1 N–H and O–H groups in total. The van der Waals surface area contributed by atoms with Gasteiger partial charge >= 0.3 is 6.03 Å². The van der Waals surface area contributed by atoms with E-state index in [2.05, 4.69) is 5.32 Å². The summed E-state index contributed by atoms with van der Waals surface area (Å²) in [6.07, 6.45) is 2.38. The molecule has 2 aliphatic heterocycles. The second kappa shape index (κ2) is 6.39. The van der Waals surface area contributed by atoms with Crippen LogP contribution in [0, 0.1) is 0 Å². The smallest absolute Gasteiger partial charge is 0.318 e. The van der Waals surface area contributed by atoms with Crippen molar-refractivity contribution in [1.82, 2.24) is 10.2 Å². The van der Waals surface area contributed by atoms with E-state index in [1.807, 2.05) is 29.2 Å². The summed E-state index contributed by atoms with van der Waals surface area (Å²) in [6.45, 7) is 0.696. The van der Waals surface area contributed by atoms with Crippen LogP contribution in [-0.4, -0.2) is 50.6 Å². The Balaban J connectivity index is 1.67. The molecule has 2 fully saturated rings. The molecule has 1 aromatic rings. The number of nitrogens with zero attached hydrogens (tertiary/aromatic N) is 1. The maximum atomic E-state index is 12.5. The van der Waals surface area contributed by atoms with Gasteiger partial charge in [-0.1, -0.05) is 12.1 Å². The molecule has 2 heterocycles. The van der Waals surface area contributed by atoms with Crippen molar-refractivity contribution in [1.29, 1.82) is 0 Å². The summed E-state index contributed by atoms with van der Waals surface area (Å²) in [5.41, 5.74) is 1.08. The Morgan fingerprint density at radius 1 is 1.26 bits per heavy atom. The topological polar surface area (TPSA) is 75.7 Å². The highest BCUT2D eigenvalue weighted by molar-refractivity contribution is 7.91. The molecule has 0 spiro atoms. The molecule has 0 bridgehead atoms. The number of likely N-dealkylation sites (tertiary alicyclic amines) is 1. The number of hydrogen-bond donors (Lipinski definition) is 1. The predicted octanol–water partition coefficient (Wildman–Crippen LogP) is 1.73. The molecule has 0 saturated carbocycles. The lowest BCUT2D eigenvalue weighted by Crippen LogP contribution is -2.45. The molecular formula is C16H22N2O4S. The zero-order chi connectivity index (χ0) is 16.4. The maximum absolute atomic E-state index is 12.5. The fourth-order valence-corrected chi connectivity index (χ4v) is 5.02. The van der Waals surface area contributed by atoms with Gasteiger partial charge in [0.15, 0.2) is 9.84 Å². The van der Waals surface area contributed by atoms with E-state index in [0.29, 0.717) is 13.0 Å². The Morgan fingerprint density at radius 2 is 2.00 bits per heavy atom. The van der Waals surface area contributed by atoms with Gasteiger partial charge in [-0.2, -0.15) is 0 Å². The molecule has 3 rings (SSSR count). The lowest BCUT2D eigenvalue weighted by atomic mass is 10.0. The lowest BCUT2D eigenvalue weighted by molar-refractivity contribution is 0.190. The molecule has 6 nitrogen and oxygen atoms in total. The maximum Gasteiger partial charge on any atom is 0.318 e. The molecule has 0 radical (unpaired) electrons. The summed E-state index contributed by atoms with van der Waals surface area (Å²) in [5.74, 6) is 1.01. The van der Waals surface area contributed by atoms with E-state index in [9.17, 15) is 13.2 Å². The number of ether oxygens (including phenoxy) is 1. The third-order valence-corrected chi connectivity index (χ3v) is 6.34. The van der Waals surface area contributed by atoms with Gasteiger partial charge in [0.2, 0.25) is 0 Å². The van der Waals surface area contributed by atoms with Gasteiger partial charge in [0.05, 0.1) is 24.7 Å². The van der Waals surface area contributed by atoms with Crippen LogP contribution in [0.5, 0.6) is 5.75 Å². The number of nitrogens with one attached hydrogen (secondary N) is 1. The molecule has 0 aromatic heterocycles. The van der Waals surface area contributed by atoms with Gasteiger partial charge in [0, 0.05) is 12.6 Å². The average Bonchev–Trinajstić information content (AvgIpc) is 3.14. The first-order chi connectivity index (χ1) is 11.0. The van der Waals surface area contributed by atoms with Crippen molar-refractivity contribution >= 4 is 15.9 Å². The standard InChI is InChI=1S/C16H22N2O4S/c1-22-14-6-4-12(5-7-14)15-3-2-9-18(15)16(19)17-13-8-10-23(20,21)11-13/h4-7,13,15H,2-3,8-11H2,1H3,(H,17,19)/t13-,15+/m1/s1. The molecule has 0 unspecified atom stereocenters. The lowest BCUT2D eigenvalue weighted by Gasteiger charge is -2.27. The van der Waals surface area contributed by atoms with Gasteiger partial charge in [-0.15, -0.1) is 0 Å². The summed E-state index contributed by atoms with van der Waals surface area (Å²) < 4.78 is 28.2. The molecule has 2 amide bonds. The van der Waals surface area contributed by atoms with Crippen LogP contribution in [0.1, 0.15) is 30.9 Å². The second-order valence-electron chi connectivity index (χ2n) is 6.17. The molecule has 2 saturated heterocycles. The minimum atomic E-state index is -2.99. The molecule has 126 valence electrons. The largest absolute Gasteiger partial charge is 0.497 e. The van der Waals surface area contributed by atoms with Crippen molar-refractivity contribution < 1.29 is 17.9 Å². The van der Waals surface area contributed by atoms with E-state index in [4.69, 9.17) is 4.74 Å². The van der Waals surface area contributed by atoms with Crippen molar-refractivity contribution in [2.75, 3.05) is 25.2 Å². The summed E-state index contributed by atoms with van der Waals surface area (Å²) >= 11 is 0. The van der Waals surface area contributed by atoms with Crippen LogP contribution >= 0.6 is 0 Å². The number of amides is 2. The molecule has 7 heteroatoms. The van der Waals surface area contributed by atoms with Crippen molar-refractivity contribution in [2.24, 2.45) is 0 Å². The van der Waals surface area contributed by atoms with Crippen molar-refractivity contribution in [2.45, 2.75) is 31.3 Å². The van der Waals surface area contributed by atoms with E-state index < -0.39 is 9.84 Å². The summed E-state index contributed by atoms with van der Waals surface area (Å²) in [7, 11) is -1.36. The van der Waals surface area contributed by atoms with Crippen LogP contribution in [0.4, 0.5) is 4.79 Å². The van der Waals surface area contributed by atoms with Gasteiger partial charge in [0.1, 0.15) is 5.75 Å². The Kier molecular flexibility index (Phi) is 4.48. The Hall–Kier alpha value is -1.76.